The van der Waals surface area contributed by atoms with Gasteiger partial charge in [-0.2, -0.15) is 0 Å². The van der Waals surface area contributed by atoms with Gasteiger partial charge < -0.3 is 28.4 Å². The Morgan fingerprint density at radius 2 is 0.975 bits per heavy atom. The van der Waals surface area contributed by atoms with Gasteiger partial charge in [-0.05, 0) is 36.4 Å². The van der Waals surface area contributed by atoms with Gasteiger partial charge in [0.25, 0.3) is 0 Å². The van der Waals surface area contributed by atoms with Crippen molar-refractivity contribution in [2.45, 2.75) is 26.7 Å². The molecule has 0 atom stereocenters. The topological polar surface area (TPSA) is 89.5 Å². The van der Waals surface area contributed by atoms with Crippen molar-refractivity contribution in [1.82, 2.24) is 0 Å². The van der Waals surface area contributed by atoms with Crippen molar-refractivity contribution in [1.29, 1.82) is 0 Å². The lowest BCUT2D eigenvalue weighted by molar-refractivity contribution is -0.135. The molecule has 0 aromatic heterocycles. The van der Waals surface area contributed by atoms with Gasteiger partial charge in [0, 0.05) is 37.8 Å². The van der Waals surface area contributed by atoms with Gasteiger partial charge in [0.15, 0.2) is 34.5 Å². The Bertz CT molecular complexity index is 1170. The Morgan fingerprint density at radius 1 is 0.650 bits per heavy atom. The molecular formula is C30H34Cl2O8. The molecule has 0 saturated heterocycles. The third-order valence-corrected chi connectivity index (χ3v) is 5.57. The van der Waals surface area contributed by atoms with Crippen LogP contribution >= 0.6 is 23.2 Å². The van der Waals surface area contributed by atoms with Crippen molar-refractivity contribution < 1.29 is 38.0 Å². The van der Waals surface area contributed by atoms with Gasteiger partial charge in [-0.15, -0.1) is 13.2 Å². The van der Waals surface area contributed by atoms with Crippen LogP contribution in [0.5, 0.6) is 23.0 Å². The van der Waals surface area contributed by atoms with E-state index in [2.05, 4.69) is 13.2 Å². The predicted octanol–water partition coefficient (Wildman–Crippen LogP) is 7.50. The van der Waals surface area contributed by atoms with E-state index in [1.165, 1.54) is 28.1 Å². The van der Waals surface area contributed by atoms with Gasteiger partial charge in [0.2, 0.25) is 0 Å². The summed E-state index contributed by atoms with van der Waals surface area (Å²) in [7, 11) is 6.15. The SMILES string of the molecule is C=CC/C(Cl)=C(/OC(C)=O)c1ccc(OC)c(OC)c1.C=CC/C(Cl)=C(/OC(C)=O)c1ccc(OC)c(OC)c1. The molecule has 0 N–H and O–H groups in total. The number of carbonyl (C=O) groups excluding carboxylic acids is 2. The number of halogens is 2. The third-order valence-electron chi connectivity index (χ3n) is 4.92. The van der Waals surface area contributed by atoms with E-state index in [0.29, 0.717) is 68.5 Å². The molecule has 216 valence electrons. The van der Waals surface area contributed by atoms with E-state index < -0.39 is 11.9 Å². The molecule has 0 amide bonds. The quantitative estimate of drug-likeness (QED) is 0.142. The van der Waals surface area contributed by atoms with Crippen LogP contribution in [-0.4, -0.2) is 40.4 Å². The number of benzene rings is 2. The Balaban J connectivity index is 0.000000400. The van der Waals surface area contributed by atoms with Gasteiger partial charge in [0.1, 0.15) is 0 Å². The van der Waals surface area contributed by atoms with Crippen LogP contribution in [0.15, 0.2) is 71.8 Å². The maximum atomic E-state index is 11.2. The minimum atomic E-state index is -0.447. The fourth-order valence-electron chi connectivity index (χ4n) is 3.22. The Kier molecular flexibility index (Phi) is 15.1. The molecule has 0 aliphatic rings. The van der Waals surface area contributed by atoms with Gasteiger partial charge in [-0.3, -0.25) is 9.59 Å². The van der Waals surface area contributed by atoms with E-state index in [9.17, 15) is 9.59 Å². The van der Waals surface area contributed by atoms with Crippen LogP contribution in [0.1, 0.15) is 37.8 Å². The molecule has 0 spiro atoms. The summed E-state index contributed by atoms with van der Waals surface area (Å²) in [5, 5.41) is 0.782. The van der Waals surface area contributed by atoms with E-state index in [1.54, 1.807) is 62.8 Å². The second kappa shape index (κ2) is 17.7. The molecule has 2 rings (SSSR count). The number of carbonyl (C=O) groups is 2. The number of hydrogen-bond acceptors (Lipinski definition) is 8. The second-order valence-corrected chi connectivity index (χ2v) is 8.69. The number of ether oxygens (including phenoxy) is 6. The molecule has 2 aromatic rings. The molecule has 0 radical (unpaired) electrons. The first-order valence-corrected chi connectivity index (χ1v) is 12.6. The standard InChI is InChI=1S/2C15H17ClO4/c2*1-5-6-12(16)15(20-10(2)17)11-7-8-13(18-3)14(9-11)19-4/h2*5,7-9H,1,6H2,2-4H3/b2*15-12-. The van der Waals surface area contributed by atoms with E-state index in [0.717, 1.165) is 0 Å². The Morgan fingerprint density at radius 3 is 1.23 bits per heavy atom. The van der Waals surface area contributed by atoms with Gasteiger partial charge in [0.05, 0.1) is 38.5 Å². The highest BCUT2D eigenvalue weighted by molar-refractivity contribution is 6.33. The predicted molar refractivity (Wildman–Crippen MR) is 158 cm³/mol. The molecule has 0 aliphatic heterocycles. The summed E-state index contributed by atoms with van der Waals surface area (Å²) in [4.78, 5) is 22.4. The largest absolute Gasteiger partial charge is 0.493 e. The molecule has 0 unspecified atom stereocenters. The van der Waals surface area contributed by atoms with E-state index in [4.69, 9.17) is 51.6 Å². The summed E-state index contributed by atoms with van der Waals surface area (Å²) < 4.78 is 31.1. The number of esters is 2. The van der Waals surface area contributed by atoms with Crippen LogP contribution in [0.25, 0.3) is 11.5 Å². The lowest BCUT2D eigenvalue weighted by Crippen LogP contribution is -2.01. The van der Waals surface area contributed by atoms with E-state index in [-0.39, 0.29) is 0 Å². The maximum absolute atomic E-state index is 11.2. The second-order valence-electron chi connectivity index (χ2n) is 7.78. The molecule has 0 aliphatic carbocycles. The maximum Gasteiger partial charge on any atom is 0.308 e. The molecule has 2 aromatic carbocycles. The van der Waals surface area contributed by atoms with Crippen LogP contribution in [0.4, 0.5) is 0 Å². The summed E-state index contributed by atoms with van der Waals surface area (Å²) in [6.07, 6.45) is 4.07. The minimum Gasteiger partial charge on any atom is -0.493 e. The van der Waals surface area contributed by atoms with Crippen molar-refractivity contribution >= 4 is 46.7 Å². The Labute approximate surface area is 245 Å². The van der Waals surface area contributed by atoms with Crippen LogP contribution < -0.4 is 18.9 Å². The lowest BCUT2D eigenvalue weighted by atomic mass is 10.1. The van der Waals surface area contributed by atoms with Crippen molar-refractivity contribution in [3.63, 3.8) is 0 Å². The summed E-state index contributed by atoms with van der Waals surface area (Å²) in [6.45, 7) is 9.86. The first-order chi connectivity index (χ1) is 19.1. The fourth-order valence-corrected chi connectivity index (χ4v) is 3.74. The highest BCUT2D eigenvalue weighted by Crippen LogP contribution is 2.34. The van der Waals surface area contributed by atoms with Crippen molar-refractivity contribution in [2.24, 2.45) is 0 Å². The Hall–Kier alpha value is -3.88. The number of hydrogen-bond donors (Lipinski definition) is 0. The zero-order valence-electron chi connectivity index (χ0n) is 23.5. The molecule has 0 fully saturated rings. The molecule has 40 heavy (non-hydrogen) atoms. The average Bonchev–Trinajstić information content (AvgIpc) is 2.94. The summed E-state index contributed by atoms with van der Waals surface area (Å²) in [6, 6.07) is 10.3. The molecular weight excluding hydrogens is 559 g/mol. The average molecular weight is 594 g/mol. The molecule has 0 saturated carbocycles. The highest BCUT2D eigenvalue weighted by Gasteiger charge is 2.16. The first kappa shape index (κ1) is 34.1. The van der Waals surface area contributed by atoms with Crippen LogP contribution in [0.2, 0.25) is 0 Å². The third kappa shape index (κ3) is 10.4. The summed E-state index contributed by atoms with van der Waals surface area (Å²) in [5.74, 6) is 1.90. The lowest BCUT2D eigenvalue weighted by Gasteiger charge is -2.13. The zero-order chi connectivity index (χ0) is 30.2. The van der Waals surface area contributed by atoms with Gasteiger partial charge in [-0.1, -0.05) is 35.4 Å². The number of allylic oxidation sites excluding steroid dienone is 4. The van der Waals surface area contributed by atoms with Crippen molar-refractivity contribution in [3.8, 4) is 23.0 Å². The summed E-state index contributed by atoms with van der Waals surface area (Å²) >= 11 is 12.3. The van der Waals surface area contributed by atoms with Gasteiger partial charge >= 0.3 is 11.9 Å². The van der Waals surface area contributed by atoms with Crippen LogP contribution in [-0.2, 0) is 19.1 Å². The molecule has 0 heterocycles. The van der Waals surface area contributed by atoms with Crippen molar-refractivity contribution in [3.05, 3.63) is 82.9 Å². The summed E-state index contributed by atoms with van der Waals surface area (Å²) in [5.41, 5.74) is 1.26. The first-order valence-electron chi connectivity index (χ1n) is 11.9. The van der Waals surface area contributed by atoms with E-state index >= 15 is 0 Å². The number of rotatable bonds is 12. The molecule has 10 heteroatoms. The smallest absolute Gasteiger partial charge is 0.308 e. The van der Waals surface area contributed by atoms with Crippen LogP contribution in [0, 0.1) is 0 Å². The molecule has 0 bridgehead atoms. The fraction of sp³-hybridized carbons (Fsp3) is 0.267. The van der Waals surface area contributed by atoms with Gasteiger partial charge in [-0.25, -0.2) is 0 Å². The highest BCUT2D eigenvalue weighted by atomic mass is 35.5. The number of methoxy groups -OCH3 is 4. The minimum absolute atomic E-state index is 0.292. The monoisotopic (exact) mass is 592 g/mol. The normalized spacial score (nSPS) is 11.4. The van der Waals surface area contributed by atoms with E-state index in [1.807, 2.05) is 0 Å². The van der Waals surface area contributed by atoms with Crippen molar-refractivity contribution in [2.75, 3.05) is 28.4 Å². The molecule has 8 nitrogen and oxygen atoms in total. The zero-order valence-corrected chi connectivity index (χ0v) is 25.0. The van der Waals surface area contributed by atoms with Crippen LogP contribution in [0.3, 0.4) is 0 Å².